The van der Waals surface area contributed by atoms with Gasteiger partial charge in [0.15, 0.2) is 5.82 Å². The molecular formula is C70H45N3S. The third-order valence-corrected chi connectivity index (χ3v) is 15.6. The first kappa shape index (κ1) is 43.3. The monoisotopic (exact) mass is 959 g/mol. The van der Waals surface area contributed by atoms with Crippen LogP contribution in [-0.2, 0) is 0 Å². The van der Waals surface area contributed by atoms with Gasteiger partial charge in [-0.2, -0.15) is 0 Å². The number of fused-ring (bicyclic) bond motifs is 6. The molecule has 0 aliphatic carbocycles. The van der Waals surface area contributed by atoms with Crippen molar-refractivity contribution in [2.75, 3.05) is 0 Å². The van der Waals surface area contributed by atoms with Crippen LogP contribution in [0.4, 0.5) is 0 Å². The maximum absolute atomic E-state index is 5.59. The molecule has 0 spiro atoms. The molecule has 0 aliphatic heterocycles. The van der Waals surface area contributed by atoms with Crippen LogP contribution in [0.3, 0.4) is 0 Å². The number of hydrogen-bond donors (Lipinski definition) is 0. The van der Waals surface area contributed by atoms with E-state index in [0.29, 0.717) is 5.82 Å². The summed E-state index contributed by atoms with van der Waals surface area (Å²) in [6, 6.07) is 98.9. The summed E-state index contributed by atoms with van der Waals surface area (Å²) in [6.45, 7) is 0. The molecule has 74 heavy (non-hydrogen) atoms. The third-order valence-electron chi connectivity index (χ3n) is 14.4. The summed E-state index contributed by atoms with van der Waals surface area (Å²) < 4.78 is 4.89. The van der Waals surface area contributed by atoms with Crippen LogP contribution in [0.15, 0.2) is 273 Å². The van der Waals surface area contributed by atoms with Crippen molar-refractivity contribution >= 4 is 53.4 Å². The number of nitrogens with zero attached hydrogens (tertiary/aromatic N) is 3. The molecular weight excluding hydrogens is 915 g/mol. The molecule has 3 aromatic heterocycles. The standard InChI is InChI=1S/C70H45N3S/c1-8-24-46(25-9-1)54-40-42-56-57-43-41-55(47-26-10-2-11-27-47)63(51-34-18-6-19-35-51)68(57)73(67(56)62(54)50-32-16-5-17-33-50)66-59(48-28-12-3-13-29-48)44-53(45-60(66)49-30-14-4-15-31-49)64-69-65(58-38-22-23-39-61(58)74-69)72-70(71-64)52-36-20-7-21-37-52/h1-45H. The first-order valence-corrected chi connectivity index (χ1v) is 26.0. The molecule has 0 radical (unpaired) electrons. The van der Waals surface area contributed by atoms with E-state index >= 15 is 0 Å². The molecule has 0 saturated carbocycles. The summed E-state index contributed by atoms with van der Waals surface area (Å²) in [5, 5.41) is 3.48. The fraction of sp³-hybridized carbons (Fsp3) is 0. The van der Waals surface area contributed by atoms with Gasteiger partial charge in [0.2, 0.25) is 0 Å². The Morgan fingerprint density at radius 3 is 1.12 bits per heavy atom. The molecule has 0 unspecified atom stereocenters. The number of benzene rings is 11. The van der Waals surface area contributed by atoms with Gasteiger partial charge < -0.3 is 4.57 Å². The van der Waals surface area contributed by atoms with Crippen molar-refractivity contribution in [1.82, 2.24) is 14.5 Å². The zero-order valence-electron chi connectivity index (χ0n) is 40.2. The van der Waals surface area contributed by atoms with Gasteiger partial charge in [0.05, 0.1) is 32.6 Å². The van der Waals surface area contributed by atoms with E-state index in [9.17, 15) is 0 Å². The second kappa shape index (κ2) is 18.3. The van der Waals surface area contributed by atoms with Crippen LogP contribution < -0.4 is 0 Å². The SMILES string of the molecule is c1ccc(-c2nc(-c3cc(-c4ccccc4)c(-n4c5c(-c6ccccc6)c(-c6ccccc6)ccc5c5ccc(-c6ccccc6)c(-c6ccccc6)c54)c(-c4ccccc4)c3)c3sc4ccccc4c3n2)cc1. The van der Waals surface area contributed by atoms with Gasteiger partial charge >= 0.3 is 0 Å². The first-order chi connectivity index (χ1) is 36.7. The quantitative estimate of drug-likeness (QED) is 0.144. The molecule has 0 amide bonds. The highest BCUT2D eigenvalue weighted by Crippen LogP contribution is 2.52. The van der Waals surface area contributed by atoms with E-state index in [4.69, 9.17) is 9.97 Å². The maximum Gasteiger partial charge on any atom is 0.160 e. The lowest BCUT2D eigenvalue weighted by Gasteiger charge is -2.24. The number of thiophene rings is 1. The zero-order valence-corrected chi connectivity index (χ0v) is 41.0. The Morgan fingerprint density at radius 2 is 0.676 bits per heavy atom. The highest BCUT2D eigenvalue weighted by atomic mass is 32.1. The van der Waals surface area contributed by atoms with E-state index in [0.717, 1.165) is 93.7 Å². The van der Waals surface area contributed by atoms with Crippen molar-refractivity contribution in [2.24, 2.45) is 0 Å². The molecule has 14 aromatic rings. The van der Waals surface area contributed by atoms with Gasteiger partial charge in [-0.3, -0.25) is 0 Å². The Bertz CT molecular complexity index is 4160. The predicted octanol–water partition coefficient (Wildman–Crippen LogP) is 19.3. The maximum atomic E-state index is 5.59. The van der Waals surface area contributed by atoms with E-state index in [1.54, 1.807) is 11.3 Å². The van der Waals surface area contributed by atoms with E-state index in [2.05, 4.69) is 271 Å². The summed E-state index contributed by atoms with van der Waals surface area (Å²) in [6.07, 6.45) is 0. The summed E-state index contributed by atoms with van der Waals surface area (Å²) in [5.74, 6) is 0.701. The van der Waals surface area contributed by atoms with Gasteiger partial charge in [-0.15, -0.1) is 11.3 Å². The fourth-order valence-electron chi connectivity index (χ4n) is 11.1. The highest BCUT2D eigenvalue weighted by Gasteiger charge is 2.29. The summed E-state index contributed by atoms with van der Waals surface area (Å²) in [5.41, 5.74) is 20.9. The summed E-state index contributed by atoms with van der Waals surface area (Å²) >= 11 is 1.76. The minimum absolute atomic E-state index is 0.701. The Kier molecular flexibility index (Phi) is 10.7. The van der Waals surface area contributed by atoms with E-state index in [1.807, 2.05) is 6.07 Å². The number of hydrogen-bond acceptors (Lipinski definition) is 3. The van der Waals surface area contributed by atoms with Crippen molar-refractivity contribution in [2.45, 2.75) is 0 Å². The predicted molar refractivity (Wildman–Crippen MR) is 313 cm³/mol. The lowest BCUT2D eigenvalue weighted by Crippen LogP contribution is -2.05. The van der Waals surface area contributed by atoms with Crippen molar-refractivity contribution in [1.29, 1.82) is 0 Å². The molecule has 14 rings (SSSR count). The molecule has 346 valence electrons. The normalized spacial score (nSPS) is 11.5. The van der Waals surface area contributed by atoms with Crippen LogP contribution in [-0.4, -0.2) is 14.5 Å². The van der Waals surface area contributed by atoms with Gasteiger partial charge in [0.1, 0.15) is 0 Å². The average Bonchev–Trinajstić information content (AvgIpc) is 4.04. The summed E-state index contributed by atoms with van der Waals surface area (Å²) in [4.78, 5) is 10.9. The van der Waals surface area contributed by atoms with E-state index < -0.39 is 0 Å². The third kappa shape index (κ3) is 7.34. The van der Waals surface area contributed by atoms with Gasteiger partial charge in [0, 0.05) is 54.2 Å². The van der Waals surface area contributed by atoms with Crippen molar-refractivity contribution in [3.63, 3.8) is 0 Å². The molecule has 3 nitrogen and oxygen atoms in total. The molecule has 11 aromatic carbocycles. The minimum Gasteiger partial charge on any atom is -0.307 e. The molecule has 3 heterocycles. The van der Waals surface area contributed by atoms with Crippen LogP contribution >= 0.6 is 11.3 Å². The van der Waals surface area contributed by atoms with Gasteiger partial charge in [-0.05, 0) is 62.7 Å². The topological polar surface area (TPSA) is 30.7 Å². The largest absolute Gasteiger partial charge is 0.307 e. The Hall–Kier alpha value is -9.48. The molecule has 0 saturated heterocycles. The first-order valence-electron chi connectivity index (χ1n) is 25.2. The van der Waals surface area contributed by atoms with Crippen LogP contribution in [0.5, 0.6) is 0 Å². The molecule has 0 atom stereocenters. The molecule has 0 fully saturated rings. The van der Waals surface area contributed by atoms with Crippen LogP contribution in [0.25, 0.3) is 137 Å². The molecule has 0 aliphatic rings. The second-order valence-corrected chi connectivity index (χ2v) is 19.8. The summed E-state index contributed by atoms with van der Waals surface area (Å²) in [7, 11) is 0. The number of aromatic nitrogens is 3. The average molecular weight is 960 g/mol. The number of rotatable bonds is 9. The Morgan fingerprint density at radius 1 is 0.297 bits per heavy atom. The highest BCUT2D eigenvalue weighted by molar-refractivity contribution is 7.26. The second-order valence-electron chi connectivity index (χ2n) is 18.8. The van der Waals surface area contributed by atoms with Crippen LogP contribution in [0.2, 0.25) is 0 Å². The zero-order chi connectivity index (χ0) is 49.0. The lowest BCUT2D eigenvalue weighted by atomic mass is 9.90. The van der Waals surface area contributed by atoms with Crippen molar-refractivity contribution in [3.05, 3.63) is 273 Å². The van der Waals surface area contributed by atoms with E-state index in [1.165, 1.54) is 37.7 Å². The van der Waals surface area contributed by atoms with Crippen molar-refractivity contribution < 1.29 is 0 Å². The molecule has 4 heteroatoms. The van der Waals surface area contributed by atoms with Gasteiger partial charge in [-0.1, -0.05) is 255 Å². The lowest BCUT2D eigenvalue weighted by molar-refractivity contribution is 1.18. The van der Waals surface area contributed by atoms with Crippen molar-refractivity contribution in [3.8, 4) is 95.1 Å². The fourth-order valence-corrected chi connectivity index (χ4v) is 12.3. The smallest absolute Gasteiger partial charge is 0.160 e. The van der Waals surface area contributed by atoms with Crippen LogP contribution in [0, 0.1) is 0 Å². The van der Waals surface area contributed by atoms with Crippen LogP contribution in [0.1, 0.15) is 0 Å². The Balaban J connectivity index is 1.22. The molecule has 0 N–H and O–H groups in total. The molecule has 0 bridgehead atoms. The van der Waals surface area contributed by atoms with Gasteiger partial charge in [0.25, 0.3) is 0 Å². The van der Waals surface area contributed by atoms with E-state index in [-0.39, 0.29) is 0 Å². The minimum atomic E-state index is 0.701. The Labute approximate surface area is 433 Å². The van der Waals surface area contributed by atoms with Gasteiger partial charge in [-0.25, -0.2) is 9.97 Å².